The van der Waals surface area contributed by atoms with Crippen LogP contribution in [-0.2, 0) is 16.1 Å². The van der Waals surface area contributed by atoms with Gasteiger partial charge in [0.2, 0.25) is 5.91 Å². The van der Waals surface area contributed by atoms with Gasteiger partial charge in [0.05, 0.1) is 5.92 Å². The van der Waals surface area contributed by atoms with Gasteiger partial charge in [0.25, 0.3) is 0 Å². The maximum Gasteiger partial charge on any atom is 0.226 e. The van der Waals surface area contributed by atoms with E-state index in [1.54, 1.807) is 6.07 Å². The molecule has 1 aliphatic rings. The minimum atomic E-state index is -0.401. The smallest absolute Gasteiger partial charge is 0.226 e. The van der Waals surface area contributed by atoms with Crippen LogP contribution < -0.4 is 5.73 Å². The van der Waals surface area contributed by atoms with E-state index in [0.29, 0.717) is 44.0 Å². The normalized spacial score (nSPS) is 16.7. The molecule has 2 aromatic rings. The number of benzene rings is 2. The van der Waals surface area contributed by atoms with E-state index in [0.717, 1.165) is 11.1 Å². The molecule has 166 valence electrons. The van der Waals surface area contributed by atoms with Gasteiger partial charge in [0.1, 0.15) is 11.6 Å². The average Bonchev–Trinajstić information content (AvgIpc) is 2.74. The van der Waals surface area contributed by atoms with Crippen LogP contribution in [0.4, 0.5) is 10.1 Å². The van der Waals surface area contributed by atoms with Crippen LogP contribution >= 0.6 is 0 Å². The Hall–Kier alpha value is -2.73. The SMILES string of the molecule is CC(=O)C[C@H](C(=O)N1CCN(Cc2cc(C)ccc2F)CC1)[C@H](C)c1ccc(N)cc1. The van der Waals surface area contributed by atoms with Crippen LogP contribution in [0.2, 0.25) is 0 Å². The Bertz CT molecular complexity index is 921. The Morgan fingerprint density at radius 3 is 2.32 bits per heavy atom. The number of piperazine rings is 1. The highest BCUT2D eigenvalue weighted by molar-refractivity contribution is 5.86. The first-order chi connectivity index (χ1) is 14.7. The zero-order chi connectivity index (χ0) is 22.5. The number of nitrogens with two attached hydrogens (primary N) is 1. The van der Waals surface area contributed by atoms with Crippen molar-refractivity contribution >= 4 is 17.4 Å². The number of Topliss-reactive ketones (excluding diaryl/α,β-unsaturated/α-hetero) is 1. The van der Waals surface area contributed by atoms with Crippen LogP contribution in [0.1, 0.15) is 42.9 Å². The molecular weight excluding hydrogens is 393 g/mol. The molecule has 2 N–H and O–H groups in total. The number of carbonyl (C=O) groups excluding carboxylic acids is 2. The second-order valence-corrected chi connectivity index (χ2v) is 8.66. The third-order valence-corrected chi connectivity index (χ3v) is 6.17. The molecule has 0 radical (unpaired) electrons. The first kappa shape index (κ1) is 22.9. The molecule has 0 bridgehead atoms. The molecule has 0 aromatic heterocycles. The van der Waals surface area contributed by atoms with Gasteiger partial charge >= 0.3 is 0 Å². The minimum absolute atomic E-state index is 0.00852. The number of anilines is 1. The molecular formula is C25H32FN3O2. The lowest BCUT2D eigenvalue weighted by Gasteiger charge is -2.37. The summed E-state index contributed by atoms with van der Waals surface area (Å²) >= 11 is 0. The second kappa shape index (κ2) is 10.1. The summed E-state index contributed by atoms with van der Waals surface area (Å²) in [6, 6.07) is 12.7. The quantitative estimate of drug-likeness (QED) is 0.686. The molecule has 5 nitrogen and oxygen atoms in total. The molecule has 0 unspecified atom stereocenters. The summed E-state index contributed by atoms with van der Waals surface area (Å²) in [6.07, 6.45) is 0.221. The summed E-state index contributed by atoms with van der Waals surface area (Å²) in [6.45, 7) is 8.54. The highest BCUT2D eigenvalue weighted by atomic mass is 19.1. The zero-order valence-electron chi connectivity index (χ0n) is 18.6. The van der Waals surface area contributed by atoms with Gasteiger partial charge in [0.15, 0.2) is 0 Å². The number of aryl methyl sites for hydroxylation is 1. The fourth-order valence-electron chi connectivity index (χ4n) is 4.25. The van der Waals surface area contributed by atoms with Gasteiger partial charge in [-0.05, 0) is 43.5 Å². The fraction of sp³-hybridized carbons (Fsp3) is 0.440. The van der Waals surface area contributed by atoms with E-state index in [-0.39, 0.29) is 29.8 Å². The van der Waals surface area contributed by atoms with Crippen LogP contribution in [0.5, 0.6) is 0 Å². The largest absolute Gasteiger partial charge is 0.399 e. The van der Waals surface area contributed by atoms with Gasteiger partial charge in [-0.2, -0.15) is 0 Å². The summed E-state index contributed by atoms with van der Waals surface area (Å²) in [7, 11) is 0. The number of halogens is 1. The van der Waals surface area contributed by atoms with Crippen LogP contribution in [0, 0.1) is 18.7 Å². The Morgan fingerprint density at radius 2 is 1.71 bits per heavy atom. The second-order valence-electron chi connectivity index (χ2n) is 8.66. The molecule has 6 heteroatoms. The molecule has 1 amide bonds. The number of carbonyl (C=O) groups is 2. The summed E-state index contributed by atoms with van der Waals surface area (Å²) in [5.41, 5.74) is 9.19. The first-order valence-corrected chi connectivity index (χ1v) is 10.9. The third kappa shape index (κ3) is 5.91. The van der Waals surface area contributed by atoms with Crippen molar-refractivity contribution in [1.29, 1.82) is 0 Å². The lowest BCUT2D eigenvalue weighted by atomic mass is 9.83. The zero-order valence-corrected chi connectivity index (χ0v) is 18.6. The summed E-state index contributed by atoms with van der Waals surface area (Å²) in [5, 5.41) is 0. The predicted octanol–water partition coefficient (Wildman–Crippen LogP) is 3.76. The van der Waals surface area contributed by atoms with Crippen molar-refractivity contribution in [3.63, 3.8) is 0 Å². The molecule has 31 heavy (non-hydrogen) atoms. The molecule has 0 spiro atoms. The number of nitrogens with zero attached hydrogens (tertiary/aromatic N) is 2. The van der Waals surface area contributed by atoms with Crippen LogP contribution in [0.25, 0.3) is 0 Å². The maximum absolute atomic E-state index is 14.1. The number of nitrogen functional groups attached to an aromatic ring is 1. The number of hydrogen-bond donors (Lipinski definition) is 1. The number of rotatable bonds is 7. The molecule has 2 atom stereocenters. The Balaban J connectivity index is 1.65. The summed E-state index contributed by atoms with van der Waals surface area (Å²) < 4.78 is 14.1. The monoisotopic (exact) mass is 425 g/mol. The molecule has 1 saturated heterocycles. The highest BCUT2D eigenvalue weighted by Gasteiger charge is 2.32. The highest BCUT2D eigenvalue weighted by Crippen LogP contribution is 2.30. The third-order valence-electron chi connectivity index (χ3n) is 6.17. The van der Waals surface area contributed by atoms with Crippen LogP contribution in [0.3, 0.4) is 0 Å². The summed E-state index contributed by atoms with van der Waals surface area (Å²) in [5.74, 6) is -0.656. The lowest BCUT2D eigenvalue weighted by molar-refractivity contribution is -0.140. The molecule has 0 aliphatic carbocycles. The first-order valence-electron chi connectivity index (χ1n) is 10.9. The minimum Gasteiger partial charge on any atom is -0.399 e. The van der Waals surface area contributed by atoms with E-state index in [4.69, 9.17) is 5.73 Å². The van der Waals surface area contributed by atoms with E-state index < -0.39 is 5.92 Å². The molecule has 1 heterocycles. The predicted molar refractivity (Wildman–Crippen MR) is 121 cm³/mol. The van der Waals surface area contributed by atoms with Crippen molar-refractivity contribution in [3.8, 4) is 0 Å². The van der Waals surface area contributed by atoms with Gasteiger partial charge in [-0.3, -0.25) is 9.69 Å². The van der Waals surface area contributed by atoms with E-state index in [2.05, 4.69) is 4.90 Å². The number of amides is 1. The Kier molecular flexibility index (Phi) is 7.44. The summed E-state index contributed by atoms with van der Waals surface area (Å²) in [4.78, 5) is 29.3. The van der Waals surface area contributed by atoms with Crippen LogP contribution in [-0.4, -0.2) is 47.7 Å². The van der Waals surface area contributed by atoms with Gasteiger partial charge < -0.3 is 15.4 Å². The number of ketones is 1. The topological polar surface area (TPSA) is 66.6 Å². The van der Waals surface area contributed by atoms with E-state index in [1.807, 2.05) is 49.1 Å². The molecule has 0 saturated carbocycles. The lowest BCUT2D eigenvalue weighted by Crippen LogP contribution is -2.50. The van der Waals surface area contributed by atoms with Crippen molar-refractivity contribution in [2.24, 2.45) is 5.92 Å². The Labute approximate surface area is 184 Å². The molecule has 2 aromatic carbocycles. The number of hydrogen-bond acceptors (Lipinski definition) is 4. The van der Waals surface area contributed by atoms with Crippen molar-refractivity contribution in [3.05, 3.63) is 65.0 Å². The molecule has 1 aliphatic heterocycles. The van der Waals surface area contributed by atoms with Gasteiger partial charge in [0, 0.05) is 50.4 Å². The molecule has 3 rings (SSSR count). The molecule has 1 fully saturated rings. The van der Waals surface area contributed by atoms with Crippen molar-refractivity contribution in [2.45, 2.75) is 39.7 Å². The van der Waals surface area contributed by atoms with E-state index in [1.165, 1.54) is 13.0 Å². The van der Waals surface area contributed by atoms with Crippen molar-refractivity contribution in [1.82, 2.24) is 9.80 Å². The maximum atomic E-state index is 14.1. The average molecular weight is 426 g/mol. The fourth-order valence-corrected chi connectivity index (χ4v) is 4.25. The van der Waals surface area contributed by atoms with E-state index in [9.17, 15) is 14.0 Å². The van der Waals surface area contributed by atoms with Crippen LogP contribution in [0.15, 0.2) is 42.5 Å². The van der Waals surface area contributed by atoms with Gasteiger partial charge in [-0.1, -0.05) is 36.8 Å². The van der Waals surface area contributed by atoms with Gasteiger partial charge in [-0.15, -0.1) is 0 Å². The van der Waals surface area contributed by atoms with Crippen molar-refractivity contribution in [2.75, 3.05) is 31.9 Å². The van der Waals surface area contributed by atoms with Gasteiger partial charge in [-0.25, -0.2) is 4.39 Å². The standard InChI is InChI=1S/C25H32FN3O2/c1-17-4-9-24(26)21(14-17)16-28-10-12-29(13-11-28)25(31)23(15-18(2)30)19(3)20-5-7-22(27)8-6-20/h4-9,14,19,23H,10-13,15-16,27H2,1-3H3/t19-,23+/m1/s1. The van der Waals surface area contributed by atoms with Crippen molar-refractivity contribution < 1.29 is 14.0 Å². The Morgan fingerprint density at radius 1 is 1.06 bits per heavy atom. The van der Waals surface area contributed by atoms with E-state index >= 15 is 0 Å².